The number of nitrogens with one attached hydrogen (secondary N) is 2. The van der Waals surface area contributed by atoms with Crippen LogP contribution >= 0.6 is 11.8 Å². The van der Waals surface area contributed by atoms with E-state index in [1.54, 1.807) is 33.5 Å². The monoisotopic (exact) mass is 296 g/mol. The van der Waals surface area contributed by atoms with Gasteiger partial charge in [0.25, 0.3) is 0 Å². The predicted octanol–water partition coefficient (Wildman–Crippen LogP) is 1.20. The lowest BCUT2D eigenvalue weighted by atomic mass is 10.1. The van der Waals surface area contributed by atoms with Crippen LogP contribution in [0.4, 0.5) is 0 Å². The van der Waals surface area contributed by atoms with Gasteiger partial charge in [0.1, 0.15) is 0 Å². The Morgan fingerprint density at radius 2 is 1.60 bits per heavy atom. The first-order valence-electron chi connectivity index (χ1n) is 5.75. The van der Waals surface area contributed by atoms with Gasteiger partial charge in [0.05, 0.1) is 21.3 Å². The van der Waals surface area contributed by atoms with Crippen LogP contribution in [0.1, 0.15) is 5.56 Å². The van der Waals surface area contributed by atoms with Crippen molar-refractivity contribution in [3.63, 3.8) is 0 Å². The largest absolute Gasteiger partial charge is 0.493 e. The minimum atomic E-state index is 0.538. The Kier molecular flexibility index (Phi) is 4.57. The summed E-state index contributed by atoms with van der Waals surface area (Å²) < 4.78 is 15.9. The minimum absolute atomic E-state index is 0.538. The highest BCUT2D eigenvalue weighted by atomic mass is 32.2. The van der Waals surface area contributed by atoms with E-state index in [1.165, 1.54) is 11.8 Å². The van der Waals surface area contributed by atoms with E-state index in [1.807, 2.05) is 6.26 Å². The second kappa shape index (κ2) is 6.38. The van der Waals surface area contributed by atoms with Crippen molar-refractivity contribution < 1.29 is 14.2 Å². The molecule has 0 atom stereocenters. The molecule has 0 aromatic heterocycles. The molecular formula is C12H16N4O3S. The zero-order chi connectivity index (χ0) is 14.5. The highest BCUT2D eigenvalue weighted by molar-refractivity contribution is 8.13. The van der Waals surface area contributed by atoms with Gasteiger partial charge in [-0.15, -0.1) is 5.10 Å². The van der Waals surface area contributed by atoms with Gasteiger partial charge in [0.2, 0.25) is 10.9 Å². The number of ether oxygens (including phenoxy) is 3. The van der Waals surface area contributed by atoms with Crippen LogP contribution in [0.15, 0.2) is 22.3 Å². The van der Waals surface area contributed by atoms with Crippen molar-refractivity contribution >= 4 is 22.8 Å². The van der Waals surface area contributed by atoms with Crippen molar-refractivity contribution in [2.75, 3.05) is 27.6 Å². The van der Waals surface area contributed by atoms with Crippen molar-refractivity contribution in [3.05, 3.63) is 17.7 Å². The fourth-order valence-corrected chi connectivity index (χ4v) is 1.97. The molecule has 2 N–H and O–H groups in total. The lowest BCUT2D eigenvalue weighted by Crippen LogP contribution is -2.32. The maximum absolute atomic E-state index is 5.30. The molecule has 0 bridgehead atoms. The number of hydrogen-bond donors (Lipinski definition) is 2. The second-order valence-electron chi connectivity index (χ2n) is 3.72. The third-order valence-corrected chi connectivity index (χ3v) is 3.23. The van der Waals surface area contributed by atoms with Crippen LogP contribution in [0.25, 0.3) is 0 Å². The molecule has 1 aliphatic heterocycles. The van der Waals surface area contributed by atoms with Crippen LogP contribution in [0.3, 0.4) is 0 Å². The second-order valence-corrected chi connectivity index (χ2v) is 4.51. The number of benzene rings is 1. The number of methoxy groups -OCH3 is 3. The van der Waals surface area contributed by atoms with Crippen LogP contribution in [0.5, 0.6) is 17.2 Å². The topological polar surface area (TPSA) is 76.5 Å². The van der Waals surface area contributed by atoms with Gasteiger partial charge >= 0.3 is 0 Å². The molecule has 2 rings (SSSR count). The molecule has 0 unspecified atom stereocenters. The molecule has 8 heteroatoms. The van der Waals surface area contributed by atoms with E-state index in [4.69, 9.17) is 14.2 Å². The molecule has 0 spiro atoms. The van der Waals surface area contributed by atoms with Gasteiger partial charge in [-0.2, -0.15) is 5.10 Å². The smallest absolute Gasteiger partial charge is 0.203 e. The molecule has 7 nitrogen and oxygen atoms in total. The molecule has 0 saturated carbocycles. The van der Waals surface area contributed by atoms with Crippen molar-refractivity contribution in [2.24, 2.45) is 10.2 Å². The molecule has 1 aliphatic rings. The molecule has 1 heterocycles. The molecule has 0 radical (unpaired) electrons. The maximum Gasteiger partial charge on any atom is 0.203 e. The lowest BCUT2D eigenvalue weighted by molar-refractivity contribution is 0.324. The summed E-state index contributed by atoms with van der Waals surface area (Å²) in [5.41, 5.74) is 6.50. The van der Waals surface area contributed by atoms with Gasteiger partial charge in [-0.25, -0.2) is 0 Å². The van der Waals surface area contributed by atoms with Gasteiger partial charge in [-0.05, 0) is 18.4 Å². The van der Waals surface area contributed by atoms with E-state index in [0.717, 1.165) is 5.56 Å². The third kappa shape index (κ3) is 2.74. The lowest BCUT2D eigenvalue weighted by Gasteiger charge is -2.17. The van der Waals surface area contributed by atoms with Crippen LogP contribution in [0.2, 0.25) is 0 Å². The van der Waals surface area contributed by atoms with Gasteiger partial charge < -0.3 is 14.2 Å². The maximum atomic E-state index is 5.30. The van der Waals surface area contributed by atoms with Crippen molar-refractivity contribution in [1.82, 2.24) is 10.9 Å². The zero-order valence-corrected chi connectivity index (χ0v) is 12.5. The molecule has 20 heavy (non-hydrogen) atoms. The number of rotatable bonds is 4. The summed E-state index contributed by atoms with van der Waals surface area (Å²) >= 11 is 1.46. The Labute approximate surface area is 121 Å². The van der Waals surface area contributed by atoms with Crippen LogP contribution in [0, 0.1) is 0 Å². The Morgan fingerprint density at radius 3 is 2.00 bits per heavy atom. The van der Waals surface area contributed by atoms with Gasteiger partial charge in [0.15, 0.2) is 17.3 Å². The molecular weight excluding hydrogens is 280 g/mol. The Hall–Kier alpha value is -2.09. The molecule has 108 valence electrons. The van der Waals surface area contributed by atoms with E-state index < -0.39 is 0 Å². The number of hydrazone groups is 2. The normalized spacial score (nSPS) is 13.6. The standard InChI is InChI=1S/C12H16N4O3S/c1-17-8-5-7(6-9(18-2)10(8)19-3)11-13-15-12(20-4)16-14-11/h5-6H,1-4H3,(H,13,14)(H,15,16). The van der Waals surface area contributed by atoms with Gasteiger partial charge in [-0.3, -0.25) is 10.9 Å². The predicted molar refractivity (Wildman–Crippen MR) is 79.9 cm³/mol. The van der Waals surface area contributed by atoms with E-state index in [2.05, 4.69) is 21.1 Å². The van der Waals surface area contributed by atoms with Crippen molar-refractivity contribution in [2.45, 2.75) is 0 Å². The van der Waals surface area contributed by atoms with Crippen LogP contribution in [-0.4, -0.2) is 38.6 Å². The molecule has 1 aromatic rings. The fraction of sp³-hybridized carbons (Fsp3) is 0.333. The number of amidine groups is 2. The Balaban J connectivity index is 2.36. The SMILES string of the molecule is COc1cc(C2=NNC(SC)=NN2)cc(OC)c1OC. The van der Waals surface area contributed by atoms with Gasteiger partial charge in [0, 0.05) is 5.56 Å². The number of hydrogen-bond acceptors (Lipinski definition) is 8. The summed E-state index contributed by atoms with van der Waals surface area (Å²) in [4.78, 5) is 0. The molecule has 0 aliphatic carbocycles. The zero-order valence-electron chi connectivity index (χ0n) is 11.7. The average Bonchev–Trinajstić information content (AvgIpc) is 2.53. The first-order valence-corrected chi connectivity index (χ1v) is 6.97. The molecule has 0 amide bonds. The number of nitrogens with zero attached hydrogens (tertiary/aromatic N) is 2. The summed E-state index contributed by atoms with van der Waals surface area (Å²) in [6, 6.07) is 3.60. The van der Waals surface area contributed by atoms with E-state index in [0.29, 0.717) is 28.3 Å². The third-order valence-electron chi connectivity index (χ3n) is 2.66. The minimum Gasteiger partial charge on any atom is -0.493 e. The highest BCUT2D eigenvalue weighted by Gasteiger charge is 2.17. The summed E-state index contributed by atoms with van der Waals surface area (Å²) in [5, 5.41) is 9.04. The van der Waals surface area contributed by atoms with Crippen molar-refractivity contribution in [1.29, 1.82) is 0 Å². The van der Waals surface area contributed by atoms with Crippen molar-refractivity contribution in [3.8, 4) is 17.2 Å². The number of thioether (sulfide) groups is 1. The molecule has 0 fully saturated rings. The van der Waals surface area contributed by atoms with E-state index in [-0.39, 0.29) is 0 Å². The van der Waals surface area contributed by atoms with Crippen LogP contribution in [-0.2, 0) is 0 Å². The Morgan fingerprint density at radius 1 is 0.950 bits per heavy atom. The van der Waals surface area contributed by atoms with Gasteiger partial charge in [-0.1, -0.05) is 11.8 Å². The first-order chi connectivity index (χ1) is 9.73. The Bertz CT molecular complexity index is 535. The quantitative estimate of drug-likeness (QED) is 0.869. The summed E-state index contributed by atoms with van der Waals surface area (Å²) in [7, 11) is 4.70. The molecule has 1 aromatic carbocycles. The highest BCUT2D eigenvalue weighted by Crippen LogP contribution is 2.38. The average molecular weight is 296 g/mol. The van der Waals surface area contributed by atoms with E-state index >= 15 is 0 Å². The fourth-order valence-electron chi connectivity index (χ4n) is 1.70. The first kappa shape index (κ1) is 14.3. The van der Waals surface area contributed by atoms with Crippen LogP contribution < -0.4 is 25.1 Å². The van der Waals surface area contributed by atoms with E-state index in [9.17, 15) is 0 Å². The molecule has 0 saturated heterocycles. The summed E-state index contributed by atoms with van der Waals surface area (Å²) in [5.74, 6) is 2.23. The summed E-state index contributed by atoms with van der Waals surface area (Å²) in [6.45, 7) is 0. The summed E-state index contributed by atoms with van der Waals surface area (Å²) in [6.07, 6.45) is 1.91.